The van der Waals surface area contributed by atoms with Crippen LogP contribution in [0.4, 0.5) is 15.3 Å². The van der Waals surface area contributed by atoms with E-state index in [-0.39, 0.29) is 87.4 Å². The minimum Gasteiger partial charge on any atom is -0.445 e. The smallest absolute Gasteiger partial charge is 0.410 e. The first kappa shape index (κ1) is 83.6. The van der Waals surface area contributed by atoms with E-state index in [0.29, 0.717) is 95.1 Å². The molecule has 0 aliphatic carbocycles. The summed E-state index contributed by atoms with van der Waals surface area (Å²) in [5, 5.41) is 28.6. The first-order valence-electron chi connectivity index (χ1n) is 33.7. The highest BCUT2D eigenvalue weighted by molar-refractivity contribution is 5.95. The number of hydrogen-bond donors (Lipinski definition) is 9. The molecule has 3 rings (SSSR count). The van der Waals surface area contributed by atoms with Gasteiger partial charge in [0.15, 0.2) is 0 Å². The van der Waals surface area contributed by atoms with Gasteiger partial charge in [0.1, 0.15) is 25.3 Å². The van der Waals surface area contributed by atoms with E-state index < -0.39 is 96.3 Å². The molecule has 11 N–H and O–H groups in total. The zero-order valence-corrected chi connectivity index (χ0v) is 59.3. The number of carbonyl (C=O) groups excluding carboxylic acids is 8. The standard InChI is InChI=1S/C68H115N11O17/c1-15-46(8)60(55(89-13)39-57(81)79-30-20-24-54(79)62(90-14)47(9)63(83)73-48(10)61(82)50-21-17-16-18-22-50)77(11)66(86)58(44(4)5)76-65(85)59(45(6)7)78(12)68(88)95-41-49-25-27-51(28-26-49)74-64(84)52(23-19-29-71-67(69)87)72-40-53(43(2)3)75-56(80)42-94-36-35-92-32-31-91-33-34-93-37-38-96-70/h16-18,21-22,25-28,43-48,52-55,58-62,72,82H,15,19-20,23-24,29-42,70H2,1-14H3,(H,73,83)(H,74,84)(H,75,80)(H,76,85)(H3,69,71,87)/t46-,47+,48+,52?,53?,54-,55+,58-,59-,60-,61+,62+/m0/s1. The Bertz CT molecular complexity index is 2630. The van der Waals surface area contributed by atoms with Crippen LogP contribution in [0.5, 0.6) is 0 Å². The molecular formula is C68H115N11O17. The first-order chi connectivity index (χ1) is 45.7. The zero-order chi connectivity index (χ0) is 71.4. The van der Waals surface area contributed by atoms with Crippen LogP contribution in [0.25, 0.3) is 0 Å². The highest BCUT2D eigenvalue weighted by Gasteiger charge is 2.44. The molecule has 96 heavy (non-hydrogen) atoms. The van der Waals surface area contributed by atoms with Crippen molar-refractivity contribution in [3.63, 3.8) is 0 Å². The second-order valence-corrected chi connectivity index (χ2v) is 25.6. The van der Waals surface area contributed by atoms with E-state index in [9.17, 15) is 43.5 Å². The SMILES string of the molecule is CC[C@H](C)[C@@H]([C@@H](CC(=O)N1CCC[C@H]1[C@H](OC)[C@@H](C)C(=O)N[C@H](C)[C@@H](O)c1ccccc1)OC)N(C)C(=O)[C@@H](NC(=O)[C@H](C(C)C)N(C)C(=O)OCc1ccc(NC(=O)C(CCCNC(N)=O)NCC(NC(=O)COCCOCCOCCOCCON)C(C)C)cc1)C(C)C. The summed E-state index contributed by atoms with van der Waals surface area (Å²) in [5.41, 5.74) is 6.98. The fourth-order valence-electron chi connectivity index (χ4n) is 11.6. The number of methoxy groups -OCH3 is 2. The van der Waals surface area contributed by atoms with Crippen LogP contribution in [0.1, 0.15) is 125 Å². The van der Waals surface area contributed by atoms with Gasteiger partial charge in [-0.15, -0.1) is 0 Å². The Morgan fingerprint density at radius 3 is 1.89 bits per heavy atom. The van der Waals surface area contributed by atoms with Crippen molar-refractivity contribution in [3.05, 3.63) is 65.7 Å². The molecule has 0 bridgehead atoms. The maximum absolute atomic E-state index is 14.8. The predicted octanol–water partition coefficient (Wildman–Crippen LogP) is 4.02. The number of rotatable bonds is 47. The summed E-state index contributed by atoms with van der Waals surface area (Å²) in [6.07, 6.45) is -0.596. The van der Waals surface area contributed by atoms with Gasteiger partial charge < -0.3 is 90.5 Å². The van der Waals surface area contributed by atoms with Gasteiger partial charge in [0.05, 0.1) is 108 Å². The lowest BCUT2D eigenvalue weighted by atomic mass is 9.89. The highest BCUT2D eigenvalue weighted by atomic mass is 16.6. The van der Waals surface area contributed by atoms with E-state index in [1.165, 1.54) is 26.2 Å². The summed E-state index contributed by atoms with van der Waals surface area (Å²) in [7, 11) is 6.13. The van der Waals surface area contributed by atoms with E-state index >= 15 is 0 Å². The second kappa shape index (κ2) is 45.1. The number of nitrogens with two attached hydrogens (primary N) is 2. The van der Waals surface area contributed by atoms with Gasteiger partial charge in [-0.3, -0.25) is 33.7 Å². The third-order valence-corrected chi connectivity index (χ3v) is 17.4. The number of primary amides is 1. The van der Waals surface area contributed by atoms with Crippen molar-refractivity contribution in [1.29, 1.82) is 0 Å². The molecule has 1 saturated heterocycles. The molecule has 1 fully saturated rings. The van der Waals surface area contributed by atoms with Gasteiger partial charge in [0.25, 0.3) is 0 Å². The lowest BCUT2D eigenvalue weighted by Gasteiger charge is -2.41. The molecule has 2 aromatic carbocycles. The number of likely N-dealkylation sites (tertiary alicyclic amines) is 1. The van der Waals surface area contributed by atoms with Crippen LogP contribution in [-0.2, 0) is 73.4 Å². The molecule has 9 amide bonds. The fourth-order valence-corrected chi connectivity index (χ4v) is 11.6. The molecule has 1 aliphatic heterocycles. The molecule has 12 atom stereocenters. The Balaban J connectivity index is 1.62. The average molecular weight is 1360 g/mol. The number of anilines is 1. The van der Waals surface area contributed by atoms with Crippen LogP contribution in [0.3, 0.4) is 0 Å². The number of amides is 9. The number of aliphatic hydroxyl groups excluding tert-OH is 1. The van der Waals surface area contributed by atoms with Crippen LogP contribution < -0.4 is 43.5 Å². The first-order valence-corrected chi connectivity index (χ1v) is 33.7. The summed E-state index contributed by atoms with van der Waals surface area (Å²) in [5.74, 6) is 1.02. The van der Waals surface area contributed by atoms with Gasteiger partial charge in [-0.2, -0.15) is 0 Å². The predicted molar refractivity (Wildman–Crippen MR) is 362 cm³/mol. The van der Waals surface area contributed by atoms with Crippen molar-refractivity contribution in [3.8, 4) is 0 Å². The van der Waals surface area contributed by atoms with Gasteiger partial charge in [0, 0.05) is 59.7 Å². The van der Waals surface area contributed by atoms with Gasteiger partial charge in [-0.1, -0.05) is 111 Å². The van der Waals surface area contributed by atoms with Crippen molar-refractivity contribution in [1.82, 2.24) is 41.3 Å². The van der Waals surface area contributed by atoms with Crippen LogP contribution in [-0.4, -0.2) is 229 Å². The highest BCUT2D eigenvalue weighted by Crippen LogP contribution is 2.30. The third-order valence-electron chi connectivity index (χ3n) is 17.4. The van der Waals surface area contributed by atoms with Crippen molar-refractivity contribution >= 4 is 53.3 Å². The molecule has 0 radical (unpaired) electrons. The van der Waals surface area contributed by atoms with Crippen molar-refractivity contribution in [2.45, 2.75) is 175 Å². The Morgan fingerprint density at radius 1 is 0.719 bits per heavy atom. The molecule has 28 nitrogen and oxygen atoms in total. The van der Waals surface area contributed by atoms with E-state index in [1.54, 1.807) is 80.9 Å². The van der Waals surface area contributed by atoms with E-state index in [1.807, 2.05) is 59.7 Å². The number of likely N-dealkylation sites (N-methyl/N-ethyl adjacent to an activating group) is 2. The lowest BCUT2D eigenvalue weighted by Crippen LogP contribution is -2.60. The topological polar surface area (TPSA) is 365 Å². The number of hydrogen-bond acceptors (Lipinski definition) is 19. The minimum absolute atomic E-state index is 0.0264. The quantitative estimate of drug-likeness (QED) is 0.0334. The fraction of sp³-hybridized carbons (Fsp3) is 0.706. The largest absolute Gasteiger partial charge is 0.445 e. The van der Waals surface area contributed by atoms with Crippen molar-refractivity contribution in [2.24, 2.45) is 41.2 Å². The molecule has 0 saturated carbocycles. The molecule has 2 aromatic rings. The Labute approximate surface area is 568 Å². The monoisotopic (exact) mass is 1360 g/mol. The van der Waals surface area contributed by atoms with E-state index in [0.717, 1.165) is 0 Å². The van der Waals surface area contributed by atoms with Crippen LogP contribution >= 0.6 is 0 Å². The van der Waals surface area contributed by atoms with Crippen molar-refractivity contribution < 1.29 is 81.5 Å². The molecular weight excluding hydrogens is 1240 g/mol. The molecule has 1 heterocycles. The summed E-state index contributed by atoms with van der Waals surface area (Å²) in [6, 6.07) is 10.2. The van der Waals surface area contributed by atoms with Gasteiger partial charge in [-0.05, 0) is 79.5 Å². The number of carbonyl (C=O) groups is 8. The van der Waals surface area contributed by atoms with Crippen LogP contribution in [0, 0.1) is 29.6 Å². The third kappa shape index (κ3) is 28.5. The van der Waals surface area contributed by atoms with Crippen LogP contribution in [0.15, 0.2) is 54.6 Å². The van der Waals surface area contributed by atoms with Crippen molar-refractivity contribution in [2.75, 3.05) is 113 Å². The molecule has 0 spiro atoms. The average Bonchev–Trinajstić information content (AvgIpc) is 1.37. The van der Waals surface area contributed by atoms with Gasteiger partial charge >= 0.3 is 12.1 Å². The van der Waals surface area contributed by atoms with E-state index in [4.69, 9.17) is 44.8 Å². The number of nitrogens with zero attached hydrogens (tertiary/aromatic N) is 3. The number of urea groups is 1. The molecule has 2 unspecified atom stereocenters. The molecule has 1 aliphatic rings. The Morgan fingerprint density at radius 2 is 1.33 bits per heavy atom. The summed E-state index contributed by atoms with van der Waals surface area (Å²) in [4.78, 5) is 118. The van der Waals surface area contributed by atoms with E-state index in [2.05, 4.69) is 36.7 Å². The summed E-state index contributed by atoms with van der Waals surface area (Å²) >= 11 is 0. The Kier molecular flexibility index (Phi) is 39.3. The normalized spacial score (nSPS) is 16.7. The molecule has 28 heteroatoms. The Hall–Kier alpha value is -6.60. The zero-order valence-electron chi connectivity index (χ0n) is 59.3. The molecule has 0 aromatic heterocycles. The maximum Gasteiger partial charge on any atom is 0.410 e. The summed E-state index contributed by atoms with van der Waals surface area (Å²) in [6.45, 7) is 21.7. The van der Waals surface area contributed by atoms with Gasteiger partial charge in [0.2, 0.25) is 35.4 Å². The number of benzene rings is 2. The number of aliphatic hydroxyl groups is 1. The lowest BCUT2D eigenvalue weighted by molar-refractivity contribution is -0.148. The number of ether oxygens (including phenoxy) is 7. The minimum atomic E-state index is -1.06. The number of nitrogens with one attached hydrogen (secondary N) is 6. The molecule has 544 valence electrons. The summed E-state index contributed by atoms with van der Waals surface area (Å²) < 4.78 is 39.5. The van der Waals surface area contributed by atoms with Crippen LogP contribution in [0.2, 0.25) is 0 Å². The van der Waals surface area contributed by atoms with Gasteiger partial charge in [-0.25, -0.2) is 15.5 Å². The maximum atomic E-state index is 14.8. The second-order valence-electron chi connectivity index (χ2n) is 25.6.